The Labute approximate surface area is 438 Å². The van der Waals surface area contributed by atoms with E-state index in [9.17, 15) is 51.9 Å². The molecular formula is C47H38N14O12S4. The number of para-hydroxylation sites is 1. The van der Waals surface area contributed by atoms with Gasteiger partial charge in [-0.1, -0.05) is 18.2 Å². The highest BCUT2D eigenvalue weighted by Crippen LogP contribution is 2.35. The van der Waals surface area contributed by atoms with Gasteiger partial charge in [0.15, 0.2) is 0 Å². The molecule has 8 aromatic rings. The lowest BCUT2D eigenvalue weighted by Crippen LogP contribution is -2.07. The molecule has 0 bridgehead atoms. The van der Waals surface area contributed by atoms with Crippen LogP contribution >= 0.6 is 0 Å². The third-order valence-corrected chi connectivity index (χ3v) is 13.9. The summed E-state index contributed by atoms with van der Waals surface area (Å²) in [5.41, 5.74) is 3.50. The van der Waals surface area contributed by atoms with Gasteiger partial charge in [-0.25, -0.2) is 0 Å². The number of hydrogen-bond acceptors (Lipinski definition) is 22. The van der Waals surface area contributed by atoms with Gasteiger partial charge >= 0.3 is 0 Å². The minimum absolute atomic E-state index is 0.00702. The van der Waals surface area contributed by atoms with Crippen LogP contribution in [0.3, 0.4) is 0 Å². The van der Waals surface area contributed by atoms with Crippen molar-refractivity contribution in [3.05, 3.63) is 163 Å². The summed E-state index contributed by atoms with van der Waals surface area (Å²) in [5, 5.41) is 41.8. The van der Waals surface area contributed by atoms with E-state index in [0.717, 1.165) is 36.4 Å². The standard InChI is InChI=1S/C47H38N14O12S4/c1-28-24-33(12-20-39(28)58-60-41-22-14-35(26-43(41)76(68,69)70)56-54-31-8-16-37(17-9-31)74(62,63)64)49-46-51-45(48-30-6-4-3-5-7-30)52-47(53-46)50-34-13-21-40(29(2)25-34)59-61-42-23-15-36(27-44(42)77(71,72)73)57-55-32-10-18-38(19-11-32)75(65,66)67/h3-27H,1-2H3,(H,62,63,64)(H,65,66,67)(H,68,69,70)(H,71,72,73)(H3,48,49,50,51,52,53). The van der Waals surface area contributed by atoms with Crippen LogP contribution in [0.1, 0.15) is 11.1 Å². The fraction of sp³-hybridized carbons (Fsp3) is 0.0426. The van der Waals surface area contributed by atoms with Gasteiger partial charge in [0.2, 0.25) is 17.8 Å². The smallest absolute Gasteiger partial charge is 0.296 e. The normalized spacial score (nSPS) is 12.5. The van der Waals surface area contributed by atoms with Crippen LogP contribution in [0.25, 0.3) is 0 Å². The molecule has 8 rings (SSSR count). The van der Waals surface area contributed by atoms with Gasteiger partial charge in [-0.15, -0.1) is 10.2 Å². The topological polar surface area (TPSA) is 391 Å². The van der Waals surface area contributed by atoms with E-state index in [4.69, 9.17) is 0 Å². The SMILES string of the molecule is Cc1cc(Nc2nc(Nc3ccccc3)nc(Nc3ccc(N=Nc4ccc(N=Nc5ccc(S(=O)(=O)O)cc5)cc4S(=O)(=O)O)c(C)c3)n2)ccc1N=Nc1ccc(N=Nc2ccc(S(=O)(=O)O)cc2)cc1S(=O)(=O)O. The number of rotatable bonds is 18. The van der Waals surface area contributed by atoms with Gasteiger partial charge < -0.3 is 16.0 Å². The fourth-order valence-corrected chi connectivity index (χ4v) is 8.91. The average molecular weight is 1120 g/mol. The minimum atomic E-state index is -4.84. The van der Waals surface area contributed by atoms with Crippen molar-refractivity contribution in [3.63, 3.8) is 0 Å². The van der Waals surface area contributed by atoms with Gasteiger partial charge in [0.1, 0.15) is 21.2 Å². The Morgan fingerprint density at radius 3 is 1.01 bits per heavy atom. The molecule has 1 heterocycles. The van der Waals surface area contributed by atoms with E-state index in [1.54, 1.807) is 50.2 Å². The molecule has 0 radical (unpaired) electrons. The molecule has 26 nitrogen and oxygen atoms in total. The maximum absolute atomic E-state index is 12.4. The molecule has 7 N–H and O–H groups in total. The average Bonchev–Trinajstić information content (AvgIpc) is 3.38. The van der Waals surface area contributed by atoms with Crippen molar-refractivity contribution in [2.75, 3.05) is 16.0 Å². The second-order valence-corrected chi connectivity index (χ2v) is 21.7. The number of nitrogens with one attached hydrogen (secondary N) is 3. The van der Waals surface area contributed by atoms with Crippen molar-refractivity contribution in [3.8, 4) is 0 Å². The van der Waals surface area contributed by atoms with Gasteiger partial charge in [0.05, 0.1) is 43.9 Å². The molecule has 0 fully saturated rings. The predicted octanol–water partition coefficient (Wildman–Crippen LogP) is 12.4. The molecule has 30 heteroatoms. The maximum atomic E-state index is 12.4. The summed E-state index contributed by atoms with van der Waals surface area (Å²) >= 11 is 0. The molecule has 0 saturated heterocycles. The van der Waals surface area contributed by atoms with Crippen molar-refractivity contribution in [2.45, 2.75) is 33.4 Å². The third-order valence-electron chi connectivity index (χ3n) is 10.4. The monoisotopic (exact) mass is 1120 g/mol. The summed E-state index contributed by atoms with van der Waals surface area (Å²) in [6, 6.07) is 35.9. The summed E-state index contributed by atoms with van der Waals surface area (Å²) in [5.74, 6) is 0.380. The van der Waals surface area contributed by atoms with Crippen molar-refractivity contribution >= 4 is 121 Å². The largest absolute Gasteiger partial charge is 0.324 e. The molecule has 0 aliphatic heterocycles. The maximum Gasteiger partial charge on any atom is 0.296 e. The van der Waals surface area contributed by atoms with E-state index in [0.29, 0.717) is 39.6 Å². The van der Waals surface area contributed by atoms with Gasteiger partial charge in [-0.3, -0.25) is 18.2 Å². The lowest BCUT2D eigenvalue weighted by Gasteiger charge is -2.13. The van der Waals surface area contributed by atoms with Gasteiger partial charge in [0.25, 0.3) is 40.5 Å². The van der Waals surface area contributed by atoms with Crippen molar-refractivity contribution in [1.82, 2.24) is 15.0 Å². The Hall–Kier alpha value is -9.01. The summed E-state index contributed by atoms with van der Waals surface area (Å²) in [4.78, 5) is 11.7. The zero-order chi connectivity index (χ0) is 55.1. The van der Waals surface area contributed by atoms with Crippen molar-refractivity contribution in [1.29, 1.82) is 0 Å². The molecule has 0 aliphatic carbocycles. The van der Waals surface area contributed by atoms with Crippen molar-refractivity contribution < 1.29 is 51.9 Å². The van der Waals surface area contributed by atoms with E-state index in [1.807, 2.05) is 30.3 Å². The number of aryl methyl sites for hydroxylation is 2. The van der Waals surface area contributed by atoms with Crippen LogP contribution in [0.5, 0.6) is 0 Å². The first kappa shape index (κ1) is 54.3. The number of hydrogen-bond donors (Lipinski definition) is 7. The third kappa shape index (κ3) is 14.6. The van der Waals surface area contributed by atoms with E-state index < -0.39 is 50.3 Å². The predicted molar refractivity (Wildman–Crippen MR) is 280 cm³/mol. The Kier molecular flexibility index (Phi) is 15.8. The lowest BCUT2D eigenvalue weighted by atomic mass is 10.2. The second-order valence-electron chi connectivity index (χ2n) is 16.0. The second kappa shape index (κ2) is 22.5. The summed E-state index contributed by atoms with van der Waals surface area (Å²) in [6.07, 6.45) is 0. The highest BCUT2D eigenvalue weighted by atomic mass is 32.2. The van der Waals surface area contributed by atoms with Crippen LogP contribution in [0.2, 0.25) is 0 Å². The number of aromatic nitrogens is 3. The minimum Gasteiger partial charge on any atom is -0.324 e. The number of azo groups is 4. The number of anilines is 6. The quantitative estimate of drug-likeness (QED) is 0.0310. The molecule has 0 aliphatic rings. The first-order chi connectivity index (χ1) is 36.4. The van der Waals surface area contributed by atoms with Gasteiger partial charge in [-0.05, 0) is 158 Å². The van der Waals surface area contributed by atoms with E-state index in [1.165, 1.54) is 48.5 Å². The van der Waals surface area contributed by atoms with Gasteiger partial charge in [0, 0.05) is 17.1 Å². The molecule has 7 aromatic carbocycles. The molecule has 392 valence electrons. The Morgan fingerprint density at radius 2 is 0.662 bits per heavy atom. The summed E-state index contributed by atoms with van der Waals surface area (Å²) in [7, 11) is -18.5. The van der Waals surface area contributed by atoms with Crippen LogP contribution in [-0.4, -0.2) is 66.8 Å². The number of benzene rings is 7. The first-order valence-corrected chi connectivity index (χ1v) is 27.6. The van der Waals surface area contributed by atoms with E-state index in [-0.39, 0.29) is 61.8 Å². The van der Waals surface area contributed by atoms with Crippen LogP contribution in [0.4, 0.5) is 80.4 Å². The van der Waals surface area contributed by atoms with Gasteiger partial charge in [-0.2, -0.15) is 79.3 Å². The van der Waals surface area contributed by atoms with Crippen molar-refractivity contribution in [2.24, 2.45) is 40.9 Å². The molecule has 77 heavy (non-hydrogen) atoms. The highest BCUT2D eigenvalue weighted by Gasteiger charge is 2.19. The first-order valence-electron chi connectivity index (χ1n) is 21.8. The van der Waals surface area contributed by atoms with E-state index >= 15 is 0 Å². The molecule has 0 spiro atoms. The summed E-state index contributed by atoms with van der Waals surface area (Å²) in [6.45, 7) is 3.45. The molecule has 0 amide bonds. The Bertz CT molecular complexity index is 3910. The molecule has 1 aromatic heterocycles. The Morgan fingerprint density at radius 1 is 0.338 bits per heavy atom. The number of nitrogens with zero attached hydrogens (tertiary/aromatic N) is 11. The van der Waals surface area contributed by atoms with E-state index in [2.05, 4.69) is 71.8 Å². The molecule has 0 atom stereocenters. The molecule has 0 unspecified atom stereocenters. The molecular weight excluding hydrogens is 1080 g/mol. The van der Waals surface area contributed by atoms with Crippen LogP contribution in [0.15, 0.2) is 212 Å². The fourth-order valence-electron chi connectivity index (χ4n) is 6.67. The molecule has 0 saturated carbocycles. The summed E-state index contributed by atoms with van der Waals surface area (Å²) < 4.78 is 133. The zero-order valence-corrected chi connectivity index (χ0v) is 42.8. The highest BCUT2D eigenvalue weighted by molar-refractivity contribution is 7.86. The Balaban J connectivity index is 0.983. The lowest BCUT2D eigenvalue weighted by molar-refractivity contribution is 0.481. The van der Waals surface area contributed by atoms with Crippen LogP contribution in [0, 0.1) is 13.8 Å². The van der Waals surface area contributed by atoms with Crippen LogP contribution in [-0.2, 0) is 40.5 Å². The van der Waals surface area contributed by atoms with Crippen LogP contribution < -0.4 is 16.0 Å². The zero-order valence-electron chi connectivity index (χ0n) is 39.5.